The maximum atomic E-state index is 13.3. The monoisotopic (exact) mass is 391 g/mol. The second-order valence-electron chi connectivity index (χ2n) is 8.31. The highest BCUT2D eigenvalue weighted by Gasteiger charge is 2.34. The van der Waals surface area contributed by atoms with Gasteiger partial charge in [0.1, 0.15) is 5.65 Å². The van der Waals surface area contributed by atoms with Crippen molar-refractivity contribution < 1.29 is 9.59 Å². The first kappa shape index (κ1) is 19.0. The van der Waals surface area contributed by atoms with Crippen LogP contribution in [0, 0.1) is 5.41 Å². The third-order valence-electron chi connectivity index (χ3n) is 5.45. The summed E-state index contributed by atoms with van der Waals surface area (Å²) in [6, 6.07) is 8.52. The Labute approximate surface area is 166 Å². The maximum Gasteiger partial charge on any atom is 0.332 e. The SMILES string of the molecule is Cn1c(=O)n(CC(=O)c2ccccc2)c(=O)c2c3c(cnc21)C(=O)CC(C)(C)C3. The minimum absolute atomic E-state index is 0.0641. The molecule has 1 aliphatic rings. The molecular weight excluding hydrogens is 370 g/mol. The summed E-state index contributed by atoms with van der Waals surface area (Å²) in [5, 5.41) is 0.242. The summed E-state index contributed by atoms with van der Waals surface area (Å²) in [5.74, 6) is -0.399. The van der Waals surface area contributed by atoms with Crippen molar-refractivity contribution in [3.63, 3.8) is 0 Å². The fourth-order valence-electron chi connectivity index (χ4n) is 4.00. The average Bonchev–Trinajstić information content (AvgIpc) is 2.68. The number of carbonyl (C=O) groups excluding carboxylic acids is 2. The number of aryl methyl sites for hydroxylation is 1. The fourth-order valence-corrected chi connectivity index (χ4v) is 4.00. The molecule has 29 heavy (non-hydrogen) atoms. The van der Waals surface area contributed by atoms with Gasteiger partial charge in [-0.05, 0) is 17.4 Å². The Morgan fingerprint density at radius 1 is 1.10 bits per heavy atom. The van der Waals surface area contributed by atoms with E-state index in [1.807, 2.05) is 13.8 Å². The Bertz CT molecular complexity index is 1280. The van der Waals surface area contributed by atoms with E-state index >= 15 is 0 Å². The van der Waals surface area contributed by atoms with Crippen molar-refractivity contribution in [1.82, 2.24) is 14.1 Å². The number of nitrogens with zero attached hydrogens (tertiary/aromatic N) is 3. The summed E-state index contributed by atoms with van der Waals surface area (Å²) in [6.07, 6.45) is 2.35. The number of carbonyl (C=O) groups is 2. The van der Waals surface area contributed by atoms with Gasteiger partial charge in [0, 0.05) is 30.8 Å². The van der Waals surface area contributed by atoms with Gasteiger partial charge in [-0.25, -0.2) is 9.78 Å². The van der Waals surface area contributed by atoms with Crippen LogP contribution in [-0.2, 0) is 20.0 Å². The number of rotatable bonds is 3. The van der Waals surface area contributed by atoms with Crippen LogP contribution in [-0.4, -0.2) is 25.7 Å². The zero-order valence-electron chi connectivity index (χ0n) is 16.6. The first-order valence-corrected chi connectivity index (χ1v) is 9.42. The number of hydrogen-bond acceptors (Lipinski definition) is 5. The zero-order valence-corrected chi connectivity index (χ0v) is 16.6. The smallest absolute Gasteiger partial charge is 0.294 e. The van der Waals surface area contributed by atoms with E-state index < -0.39 is 11.2 Å². The third-order valence-corrected chi connectivity index (χ3v) is 5.45. The predicted molar refractivity (Wildman–Crippen MR) is 108 cm³/mol. The van der Waals surface area contributed by atoms with E-state index in [1.54, 1.807) is 30.3 Å². The van der Waals surface area contributed by atoms with Gasteiger partial charge in [0.25, 0.3) is 5.56 Å². The molecule has 2 aromatic heterocycles. The largest absolute Gasteiger partial charge is 0.332 e. The van der Waals surface area contributed by atoms with Gasteiger partial charge in [0.05, 0.1) is 11.9 Å². The Kier molecular flexibility index (Phi) is 4.33. The minimum Gasteiger partial charge on any atom is -0.294 e. The van der Waals surface area contributed by atoms with Gasteiger partial charge in [-0.2, -0.15) is 0 Å². The first-order valence-electron chi connectivity index (χ1n) is 9.42. The van der Waals surface area contributed by atoms with Gasteiger partial charge in [-0.1, -0.05) is 44.2 Å². The molecule has 0 spiro atoms. The van der Waals surface area contributed by atoms with Crippen LogP contribution in [0.2, 0.25) is 0 Å². The van der Waals surface area contributed by atoms with Crippen molar-refractivity contribution >= 4 is 22.6 Å². The van der Waals surface area contributed by atoms with Crippen LogP contribution in [0.3, 0.4) is 0 Å². The second-order valence-corrected chi connectivity index (χ2v) is 8.31. The quantitative estimate of drug-likeness (QED) is 0.638. The summed E-state index contributed by atoms with van der Waals surface area (Å²) < 4.78 is 2.20. The number of aromatic nitrogens is 3. The zero-order chi connectivity index (χ0) is 20.9. The van der Waals surface area contributed by atoms with E-state index in [-0.39, 0.29) is 34.6 Å². The molecule has 3 aromatic rings. The number of fused-ring (bicyclic) bond motifs is 3. The van der Waals surface area contributed by atoms with E-state index in [9.17, 15) is 19.2 Å². The molecule has 7 heteroatoms. The second kappa shape index (κ2) is 6.62. The molecular formula is C22H21N3O4. The maximum absolute atomic E-state index is 13.3. The molecule has 0 atom stereocenters. The molecule has 0 saturated heterocycles. The lowest BCUT2D eigenvalue weighted by Gasteiger charge is -2.30. The predicted octanol–water partition coefficient (Wildman–Crippen LogP) is 2.13. The molecule has 1 aromatic carbocycles. The van der Waals surface area contributed by atoms with Gasteiger partial charge in [-0.3, -0.25) is 23.5 Å². The van der Waals surface area contributed by atoms with Crippen LogP contribution < -0.4 is 11.2 Å². The molecule has 0 unspecified atom stereocenters. The van der Waals surface area contributed by atoms with Crippen molar-refractivity contribution in [2.75, 3.05) is 0 Å². The molecule has 148 valence electrons. The number of hydrogen-bond donors (Lipinski definition) is 0. The van der Waals surface area contributed by atoms with Gasteiger partial charge >= 0.3 is 5.69 Å². The summed E-state index contributed by atoms with van der Waals surface area (Å²) in [6.45, 7) is 3.57. The first-order chi connectivity index (χ1) is 13.7. The highest BCUT2D eigenvalue weighted by atomic mass is 16.2. The molecule has 7 nitrogen and oxygen atoms in total. The van der Waals surface area contributed by atoms with Crippen LogP contribution in [0.5, 0.6) is 0 Å². The third kappa shape index (κ3) is 3.12. The standard InChI is InChI=1S/C22H21N3O4/c1-22(2)9-14-15(16(26)10-22)11-23-19-18(14)20(28)25(21(29)24(19)3)12-17(27)13-7-5-4-6-8-13/h4-8,11H,9-10,12H2,1-3H3. The van der Waals surface area contributed by atoms with Crippen molar-refractivity contribution in [1.29, 1.82) is 0 Å². The Morgan fingerprint density at radius 2 is 1.79 bits per heavy atom. The van der Waals surface area contributed by atoms with Crippen LogP contribution in [0.1, 0.15) is 46.5 Å². The summed E-state index contributed by atoms with van der Waals surface area (Å²) in [7, 11) is 1.52. The molecule has 0 saturated carbocycles. The number of ketones is 2. The lowest BCUT2D eigenvalue weighted by molar-refractivity contribution is 0.0911. The summed E-state index contributed by atoms with van der Waals surface area (Å²) in [5.41, 5.74) is 0.192. The van der Waals surface area contributed by atoms with Gasteiger partial charge < -0.3 is 0 Å². The minimum atomic E-state index is -0.611. The molecule has 4 rings (SSSR count). The highest BCUT2D eigenvalue weighted by Crippen LogP contribution is 2.36. The Hall–Kier alpha value is -3.35. The van der Waals surface area contributed by atoms with Gasteiger partial charge in [0.2, 0.25) is 0 Å². The number of benzene rings is 1. The van der Waals surface area contributed by atoms with E-state index in [0.29, 0.717) is 29.5 Å². The number of Topliss-reactive ketones (excluding diaryl/α,β-unsaturated/α-hetero) is 2. The molecule has 0 bridgehead atoms. The van der Waals surface area contributed by atoms with Crippen LogP contribution >= 0.6 is 0 Å². The van der Waals surface area contributed by atoms with E-state index in [4.69, 9.17) is 0 Å². The normalized spacial score (nSPS) is 15.3. The average molecular weight is 391 g/mol. The molecule has 0 aliphatic heterocycles. The summed E-state index contributed by atoms with van der Waals surface area (Å²) in [4.78, 5) is 55.6. The highest BCUT2D eigenvalue weighted by molar-refractivity contribution is 6.02. The van der Waals surface area contributed by atoms with Gasteiger partial charge in [-0.15, -0.1) is 0 Å². The van der Waals surface area contributed by atoms with Crippen LogP contribution in [0.25, 0.3) is 11.0 Å². The number of pyridine rings is 1. The molecule has 0 amide bonds. The molecule has 0 N–H and O–H groups in total. The van der Waals surface area contributed by atoms with E-state index in [2.05, 4.69) is 4.98 Å². The van der Waals surface area contributed by atoms with E-state index in [1.165, 1.54) is 17.8 Å². The Morgan fingerprint density at radius 3 is 2.48 bits per heavy atom. The summed E-state index contributed by atoms with van der Waals surface area (Å²) >= 11 is 0. The van der Waals surface area contributed by atoms with Crippen LogP contribution in [0.15, 0.2) is 46.1 Å². The molecule has 0 fully saturated rings. The van der Waals surface area contributed by atoms with Crippen LogP contribution in [0.4, 0.5) is 0 Å². The molecule has 0 radical (unpaired) electrons. The molecule has 2 heterocycles. The topological polar surface area (TPSA) is 91.0 Å². The van der Waals surface area contributed by atoms with E-state index in [0.717, 1.165) is 4.57 Å². The Balaban J connectivity index is 1.96. The van der Waals surface area contributed by atoms with Crippen molar-refractivity contribution in [2.24, 2.45) is 12.5 Å². The molecule has 1 aliphatic carbocycles. The van der Waals surface area contributed by atoms with Crippen molar-refractivity contribution in [3.8, 4) is 0 Å². The lowest BCUT2D eigenvalue weighted by atomic mass is 9.73. The van der Waals surface area contributed by atoms with Crippen molar-refractivity contribution in [2.45, 2.75) is 33.2 Å². The fraction of sp³-hybridized carbons (Fsp3) is 0.318. The lowest BCUT2D eigenvalue weighted by Crippen LogP contribution is -2.42. The van der Waals surface area contributed by atoms with Gasteiger partial charge in [0.15, 0.2) is 11.6 Å². The van der Waals surface area contributed by atoms with Crippen molar-refractivity contribution in [3.05, 3.63) is 74.1 Å².